The summed E-state index contributed by atoms with van der Waals surface area (Å²) in [7, 11) is -1.54. The molecule has 1 saturated heterocycles. The highest BCUT2D eigenvalue weighted by Gasteiger charge is 2.37. The maximum Gasteiger partial charge on any atom is 0.410 e. The molecule has 0 unspecified atom stereocenters. The maximum absolute atomic E-state index is 12.0. The molecule has 0 N–H and O–H groups in total. The molecule has 1 aliphatic heterocycles. The van der Waals surface area contributed by atoms with Gasteiger partial charge in [0.25, 0.3) is 0 Å². The highest BCUT2D eigenvalue weighted by atomic mass is 28.4. The van der Waals surface area contributed by atoms with Gasteiger partial charge in [-0.2, -0.15) is 0 Å². The van der Waals surface area contributed by atoms with Crippen LogP contribution in [0.25, 0.3) is 0 Å². The van der Waals surface area contributed by atoms with Crippen molar-refractivity contribution in [3.05, 3.63) is 0 Å². The highest BCUT2D eigenvalue weighted by Crippen LogP contribution is 2.29. The van der Waals surface area contributed by atoms with E-state index in [0.29, 0.717) is 0 Å². The molecule has 0 aliphatic carbocycles. The predicted molar refractivity (Wildman–Crippen MR) is 79.9 cm³/mol. The third kappa shape index (κ3) is 5.95. The van der Waals surface area contributed by atoms with Gasteiger partial charge in [-0.25, -0.2) is 4.79 Å². The number of hydrogen-bond donors (Lipinski definition) is 0. The van der Waals surface area contributed by atoms with E-state index in [1.54, 1.807) is 4.90 Å². The molecule has 0 spiro atoms. The molecule has 1 heterocycles. The van der Waals surface area contributed by atoms with E-state index in [4.69, 9.17) is 9.16 Å². The fraction of sp³-hybridized carbons (Fsp3) is 0.929. The van der Waals surface area contributed by atoms with Crippen LogP contribution in [0.1, 0.15) is 40.5 Å². The number of nitrogens with zero attached hydrogens (tertiary/aromatic N) is 1. The fourth-order valence-corrected chi connectivity index (χ4v) is 4.01. The van der Waals surface area contributed by atoms with Crippen LogP contribution in [0, 0.1) is 0 Å². The number of carbonyl (C=O) groups excluding carboxylic acids is 1. The zero-order chi connectivity index (χ0) is 14.9. The normalized spacial score (nSPS) is 20.3. The van der Waals surface area contributed by atoms with E-state index in [1.165, 1.54) is 0 Å². The van der Waals surface area contributed by atoms with Crippen LogP contribution in [0.4, 0.5) is 4.79 Å². The lowest BCUT2D eigenvalue weighted by Crippen LogP contribution is -2.51. The Morgan fingerprint density at radius 1 is 1.16 bits per heavy atom. The first kappa shape index (κ1) is 16.5. The molecule has 1 rings (SSSR count). The number of likely N-dealkylation sites (tertiary alicyclic amines) is 1. The zero-order valence-corrected chi connectivity index (χ0v) is 14.5. The van der Waals surface area contributed by atoms with Crippen LogP contribution in [-0.2, 0) is 9.16 Å². The second-order valence-electron chi connectivity index (χ2n) is 7.63. The van der Waals surface area contributed by atoms with E-state index >= 15 is 0 Å². The van der Waals surface area contributed by atoms with Crippen molar-refractivity contribution in [3.63, 3.8) is 0 Å². The maximum atomic E-state index is 12.0. The Kier molecular flexibility index (Phi) is 4.73. The second kappa shape index (κ2) is 5.44. The molecule has 112 valence electrons. The molecule has 1 amide bonds. The highest BCUT2D eigenvalue weighted by molar-refractivity contribution is 6.69. The van der Waals surface area contributed by atoms with E-state index in [9.17, 15) is 4.79 Å². The third-order valence-electron chi connectivity index (χ3n) is 3.03. The largest absolute Gasteiger partial charge is 0.444 e. The van der Waals surface area contributed by atoms with Crippen molar-refractivity contribution in [1.29, 1.82) is 0 Å². The first-order valence-corrected chi connectivity index (χ1v) is 10.5. The average molecular weight is 287 g/mol. The summed E-state index contributed by atoms with van der Waals surface area (Å²) in [5.74, 6) is 0. The van der Waals surface area contributed by atoms with Crippen LogP contribution in [-0.4, -0.2) is 43.6 Å². The van der Waals surface area contributed by atoms with Gasteiger partial charge in [-0.1, -0.05) is 0 Å². The minimum Gasteiger partial charge on any atom is -0.444 e. The van der Waals surface area contributed by atoms with E-state index in [-0.39, 0.29) is 11.7 Å². The van der Waals surface area contributed by atoms with Crippen molar-refractivity contribution in [3.8, 4) is 0 Å². The lowest BCUT2D eigenvalue weighted by Gasteiger charge is -2.42. The Balaban J connectivity index is 2.51. The number of carbonyl (C=O) groups is 1. The molecule has 0 atom stereocenters. The summed E-state index contributed by atoms with van der Waals surface area (Å²) >= 11 is 0. The molecular weight excluding hydrogens is 258 g/mol. The van der Waals surface area contributed by atoms with Gasteiger partial charge in [0, 0.05) is 13.1 Å². The van der Waals surface area contributed by atoms with Crippen molar-refractivity contribution in [1.82, 2.24) is 4.90 Å². The standard InChI is InChI=1S/C14H29NO3Si/c1-13(2,3)17-12(16)15-10-8-14(4,9-11-15)18-19(5,6)7/h8-11H2,1-7H3. The molecule has 0 aromatic heterocycles. The van der Waals surface area contributed by atoms with E-state index in [2.05, 4.69) is 26.6 Å². The zero-order valence-electron chi connectivity index (χ0n) is 13.5. The molecule has 0 aromatic carbocycles. The van der Waals surface area contributed by atoms with E-state index in [1.807, 2.05) is 20.8 Å². The van der Waals surface area contributed by atoms with Gasteiger partial charge in [0.05, 0.1) is 5.60 Å². The van der Waals surface area contributed by atoms with E-state index in [0.717, 1.165) is 25.9 Å². The molecule has 0 saturated carbocycles. The lowest BCUT2D eigenvalue weighted by atomic mass is 9.94. The van der Waals surface area contributed by atoms with Crippen LogP contribution in [0.15, 0.2) is 0 Å². The number of amides is 1. The molecule has 1 fully saturated rings. The van der Waals surface area contributed by atoms with Gasteiger partial charge in [0.1, 0.15) is 5.60 Å². The summed E-state index contributed by atoms with van der Waals surface area (Å²) in [6.45, 7) is 15.9. The molecular formula is C14H29NO3Si. The van der Waals surface area contributed by atoms with Crippen molar-refractivity contribution in [2.45, 2.75) is 71.4 Å². The molecule has 5 heteroatoms. The van der Waals surface area contributed by atoms with Gasteiger partial charge >= 0.3 is 6.09 Å². The van der Waals surface area contributed by atoms with Crippen LogP contribution in [0.2, 0.25) is 19.6 Å². The van der Waals surface area contributed by atoms with Crippen molar-refractivity contribution in [2.75, 3.05) is 13.1 Å². The molecule has 0 aromatic rings. The molecule has 0 bridgehead atoms. The number of hydrogen-bond acceptors (Lipinski definition) is 3. The van der Waals surface area contributed by atoms with E-state index < -0.39 is 13.9 Å². The minimum atomic E-state index is -1.54. The smallest absolute Gasteiger partial charge is 0.410 e. The average Bonchev–Trinajstić information content (AvgIpc) is 2.11. The van der Waals surface area contributed by atoms with Crippen molar-refractivity contribution in [2.24, 2.45) is 0 Å². The Bertz CT molecular complexity index is 323. The van der Waals surface area contributed by atoms with Crippen LogP contribution in [0.5, 0.6) is 0 Å². The van der Waals surface area contributed by atoms with Gasteiger partial charge < -0.3 is 14.1 Å². The van der Waals surface area contributed by atoms with Crippen LogP contribution in [0.3, 0.4) is 0 Å². The number of rotatable bonds is 2. The van der Waals surface area contributed by atoms with Crippen LogP contribution >= 0.6 is 0 Å². The Hall–Kier alpha value is -0.553. The Morgan fingerprint density at radius 2 is 1.63 bits per heavy atom. The van der Waals surface area contributed by atoms with Gasteiger partial charge in [0.2, 0.25) is 0 Å². The number of ether oxygens (including phenoxy) is 1. The second-order valence-corrected chi connectivity index (χ2v) is 12.1. The SMILES string of the molecule is CC(C)(C)OC(=O)N1CCC(C)(O[Si](C)(C)C)CC1. The van der Waals surface area contributed by atoms with Crippen molar-refractivity contribution < 1.29 is 14.0 Å². The Labute approximate surface area is 118 Å². The van der Waals surface area contributed by atoms with Crippen LogP contribution < -0.4 is 0 Å². The number of piperidine rings is 1. The van der Waals surface area contributed by atoms with Gasteiger partial charge in [0.15, 0.2) is 8.32 Å². The third-order valence-corrected chi connectivity index (χ3v) is 4.13. The Morgan fingerprint density at radius 3 is 2.00 bits per heavy atom. The molecule has 4 nitrogen and oxygen atoms in total. The first-order chi connectivity index (χ1) is 8.40. The van der Waals surface area contributed by atoms with Gasteiger partial charge in [-0.3, -0.25) is 0 Å². The summed E-state index contributed by atoms with van der Waals surface area (Å²) in [5, 5.41) is 0. The topological polar surface area (TPSA) is 38.8 Å². The molecule has 19 heavy (non-hydrogen) atoms. The first-order valence-electron chi connectivity index (χ1n) is 7.08. The van der Waals surface area contributed by atoms with Gasteiger partial charge in [-0.05, 0) is 60.2 Å². The fourth-order valence-electron chi connectivity index (χ4n) is 2.33. The summed E-state index contributed by atoms with van der Waals surface area (Å²) in [6, 6.07) is 0. The minimum absolute atomic E-state index is 0.0804. The quantitative estimate of drug-likeness (QED) is 0.728. The summed E-state index contributed by atoms with van der Waals surface area (Å²) in [4.78, 5) is 13.8. The summed E-state index contributed by atoms with van der Waals surface area (Å²) in [6.07, 6.45) is 1.56. The monoisotopic (exact) mass is 287 g/mol. The summed E-state index contributed by atoms with van der Waals surface area (Å²) < 4.78 is 11.7. The summed E-state index contributed by atoms with van der Waals surface area (Å²) in [5.41, 5.74) is -0.504. The molecule has 0 radical (unpaired) electrons. The lowest BCUT2D eigenvalue weighted by molar-refractivity contribution is -0.0127. The van der Waals surface area contributed by atoms with Crippen molar-refractivity contribution >= 4 is 14.4 Å². The molecule has 1 aliphatic rings. The predicted octanol–water partition coefficient (Wildman–Crippen LogP) is 3.63. The van der Waals surface area contributed by atoms with Gasteiger partial charge in [-0.15, -0.1) is 0 Å².